The van der Waals surface area contributed by atoms with Gasteiger partial charge in [-0.15, -0.1) is 10.2 Å². The zero-order valence-corrected chi connectivity index (χ0v) is 14.2. The van der Waals surface area contributed by atoms with E-state index in [1.165, 1.54) is 0 Å². The fourth-order valence-corrected chi connectivity index (χ4v) is 1.47. The second-order valence-corrected chi connectivity index (χ2v) is 6.29. The molecule has 120 valence electrons. The zero-order chi connectivity index (χ0) is 16.6. The van der Waals surface area contributed by atoms with E-state index < -0.39 is 0 Å². The molecule has 5 nitrogen and oxygen atoms in total. The van der Waals surface area contributed by atoms with Gasteiger partial charge in [0, 0.05) is 38.7 Å². The Morgan fingerprint density at radius 2 is 1.91 bits per heavy atom. The van der Waals surface area contributed by atoms with Crippen molar-refractivity contribution in [3.05, 3.63) is 49.1 Å². The Morgan fingerprint density at radius 3 is 2.45 bits per heavy atom. The zero-order valence-electron chi connectivity index (χ0n) is 14.2. The summed E-state index contributed by atoms with van der Waals surface area (Å²) in [6, 6.07) is 7.89. The highest BCUT2D eigenvalue weighted by atomic mass is 15.3. The molecule has 0 aliphatic rings. The van der Waals surface area contributed by atoms with Gasteiger partial charge >= 0.3 is 0 Å². The maximum absolute atomic E-state index is 4.19. The summed E-state index contributed by atoms with van der Waals surface area (Å²) in [4.78, 5) is 1.79. The lowest BCUT2D eigenvalue weighted by Crippen LogP contribution is -2.18. The first-order chi connectivity index (χ1) is 10.3. The molecule has 0 aliphatic heterocycles. The van der Waals surface area contributed by atoms with Gasteiger partial charge in [0.1, 0.15) is 5.82 Å². The average Bonchev–Trinajstić information content (AvgIpc) is 2.48. The smallest absolute Gasteiger partial charge is 0.147 e. The Hall–Kier alpha value is -2.30. The summed E-state index contributed by atoms with van der Waals surface area (Å²) in [5.41, 5.74) is 2.14. The van der Waals surface area contributed by atoms with Crippen LogP contribution in [0, 0.1) is 5.41 Å². The van der Waals surface area contributed by atoms with Crippen molar-refractivity contribution in [3.8, 4) is 0 Å². The number of hydrogen-bond acceptors (Lipinski definition) is 5. The summed E-state index contributed by atoms with van der Waals surface area (Å²) in [6.07, 6.45) is 3.64. The van der Waals surface area contributed by atoms with E-state index in [1.54, 1.807) is 11.1 Å². The van der Waals surface area contributed by atoms with E-state index >= 15 is 0 Å². The van der Waals surface area contributed by atoms with Crippen molar-refractivity contribution in [1.29, 1.82) is 0 Å². The quantitative estimate of drug-likeness (QED) is 0.737. The maximum Gasteiger partial charge on any atom is 0.147 e. The van der Waals surface area contributed by atoms with Crippen molar-refractivity contribution in [2.24, 2.45) is 15.6 Å². The third-order valence-electron chi connectivity index (χ3n) is 2.84. The molecule has 0 spiro atoms. The van der Waals surface area contributed by atoms with Gasteiger partial charge in [-0.05, 0) is 29.7 Å². The molecule has 1 aromatic rings. The first-order valence-electron chi connectivity index (χ1n) is 7.33. The summed E-state index contributed by atoms with van der Waals surface area (Å²) in [5, 5.41) is 14.6. The number of nitrogens with one attached hydrogen (secondary N) is 2. The van der Waals surface area contributed by atoms with Gasteiger partial charge in [-0.3, -0.25) is 0 Å². The molecule has 0 aromatic heterocycles. The molecule has 0 radical (unpaired) electrons. The van der Waals surface area contributed by atoms with Gasteiger partial charge < -0.3 is 15.5 Å². The van der Waals surface area contributed by atoms with Crippen LogP contribution >= 0.6 is 0 Å². The summed E-state index contributed by atoms with van der Waals surface area (Å²) in [5.74, 6) is 0.571. The molecule has 0 saturated heterocycles. The minimum atomic E-state index is 0.252. The van der Waals surface area contributed by atoms with Crippen LogP contribution in [0.3, 0.4) is 0 Å². The fraction of sp³-hybridized carbons (Fsp3) is 0.412. The molecule has 2 N–H and O–H groups in total. The molecule has 0 atom stereocenters. The highest BCUT2D eigenvalue weighted by Gasteiger charge is 2.08. The number of nitrogens with zero attached hydrogens (tertiary/aromatic N) is 3. The average molecular weight is 301 g/mol. The van der Waals surface area contributed by atoms with E-state index in [4.69, 9.17) is 0 Å². The van der Waals surface area contributed by atoms with E-state index in [0.717, 1.165) is 17.9 Å². The predicted octanol–water partition coefficient (Wildman–Crippen LogP) is 4.32. The molecule has 22 heavy (non-hydrogen) atoms. The summed E-state index contributed by atoms with van der Waals surface area (Å²) < 4.78 is 0. The fourth-order valence-electron chi connectivity index (χ4n) is 1.47. The third kappa shape index (κ3) is 6.92. The van der Waals surface area contributed by atoms with Crippen LogP contribution in [0.5, 0.6) is 0 Å². The van der Waals surface area contributed by atoms with Crippen molar-refractivity contribution in [1.82, 2.24) is 10.2 Å². The lowest BCUT2D eigenvalue weighted by Gasteiger charge is -2.19. The summed E-state index contributed by atoms with van der Waals surface area (Å²) >= 11 is 0. The Labute approximate surface area is 133 Å². The molecule has 1 aromatic carbocycles. The Morgan fingerprint density at radius 1 is 1.27 bits per heavy atom. The van der Waals surface area contributed by atoms with Crippen LogP contribution in [0.1, 0.15) is 20.8 Å². The van der Waals surface area contributed by atoms with E-state index in [9.17, 15) is 0 Å². The monoisotopic (exact) mass is 301 g/mol. The van der Waals surface area contributed by atoms with E-state index in [2.05, 4.69) is 48.2 Å². The van der Waals surface area contributed by atoms with Crippen molar-refractivity contribution >= 4 is 11.4 Å². The standard InChI is InChI=1S/C17H27N5/c1-14(22(6)12-11-18-5)20-21-16-9-7-15(8-10-16)19-13-17(2,3)4/h7-12,18-19H,1,13H2,2-6H3/b12-11-,21-20?. The second-order valence-electron chi connectivity index (χ2n) is 6.29. The Bertz CT molecular complexity index is 523. The van der Waals surface area contributed by atoms with Crippen LogP contribution in [-0.4, -0.2) is 25.5 Å². The topological polar surface area (TPSA) is 52.0 Å². The van der Waals surface area contributed by atoms with Crippen LogP contribution in [-0.2, 0) is 0 Å². The lowest BCUT2D eigenvalue weighted by molar-refractivity contribution is 0.443. The summed E-state index contributed by atoms with van der Waals surface area (Å²) in [6.45, 7) is 11.4. The molecule has 0 heterocycles. The third-order valence-corrected chi connectivity index (χ3v) is 2.84. The summed E-state index contributed by atoms with van der Waals surface area (Å²) in [7, 11) is 3.71. The van der Waals surface area contributed by atoms with Crippen molar-refractivity contribution in [3.63, 3.8) is 0 Å². The van der Waals surface area contributed by atoms with Gasteiger partial charge in [0.15, 0.2) is 0 Å². The van der Waals surface area contributed by atoms with Crippen LogP contribution < -0.4 is 10.6 Å². The predicted molar refractivity (Wildman–Crippen MR) is 94.0 cm³/mol. The highest BCUT2D eigenvalue weighted by Crippen LogP contribution is 2.20. The van der Waals surface area contributed by atoms with Crippen LogP contribution in [0.15, 0.2) is 59.3 Å². The number of hydrogen-bond donors (Lipinski definition) is 2. The van der Waals surface area contributed by atoms with Gasteiger partial charge in [-0.25, -0.2) is 0 Å². The van der Waals surface area contributed by atoms with E-state index in [0.29, 0.717) is 5.82 Å². The first-order valence-corrected chi connectivity index (χ1v) is 7.33. The number of benzene rings is 1. The van der Waals surface area contributed by atoms with Gasteiger partial charge in [0.25, 0.3) is 0 Å². The molecule has 0 bridgehead atoms. The molecular weight excluding hydrogens is 274 g/mol. The molecule has 1 rings (SSSR count). The molecule has 0 aliphatic carbocycles. The first kappa shape index (κ1) is 17.8. The molecule has 0 unspecified atom stereocenters. The van der Waals surface area contributed by atoms with E-state index in [1.807, 2.05) is 44.6 Å². The Balaban J connectivity index is 2.58. The second kappa shape index (κ2) is 8.22. The van der Waals surface area contributed by atoms with Crippen molar-refractivity contribution in [2.45, 2.75) is 20.8 Å². The number of rotatable bonds is 7. The van der Waals surface area contributed by atoms with Crippen molar-refractivity contribution in [2.75, 3.05) is 26.0 Å². The Kier molecular flexibility index (Phi) is 6.63. The van der Waals surface area contributed by atoms with Crippen LogP contribution in [0.4, 0.5) is 11.4 Å². The minimum absolute atomic E-state index is 0.252. The van der Waals surface area contributed by atoms with Gasteiger partial charge in [0.2, 0.25) is 0 Å². The highest BCUT2D eigenvalue weighted by molar-refractivity contribution is 5.50. The van der Waals surface area contributed by atoms with Crippen LogP contribution in [0.2, 0.25) is 0 Å². The normalized spacial score (nSPS) is 11.9. The molecule has 0 fully saturated rings. The number of anilines is 1. The van der Waals surface area contributed by atoms with Gasteiger partial charge in [-0.2, -0.15) is 0 Å². The van der Waals surface area contributed by atoms with E-state index in [-0.39, 0.29) is 5.41 Å². The largest absolute Gasteiger partial charge is 0.393 e. The van der Waals surface area contributed by atoms with Crippen molar-refractivity contribution < 1.29 is 0 Å². The molecule has 5 heteroatoms. The lowest BCUT2D eigenvalue weighted by atomic mass is 9.97. The minimum Gasteiger partial charge on any atom is -0.393 e. The molecule has 0 amide bonds. The van der Waals surface area contributed by atoms with Gasteiger partial charge in [-0.1, -0.05) is 27.4 Å². The maximum atomic E-state index is 4.19. The SMILES string of the molecule is C=C(N=Nc1ccc(NCC(C)(C)C)cc1)N(C)/C=C\NC. The molecular formula is C17H27N5. The number of azo groups is 1. The van der Waals surface area contributed by atoms with Crippen LogP contribution in [0.25, 0.3) is 0 Å². The van der Waals surface area contributed by atoms with Gasteiger partial charge in [0.05, 0.1) is 5.69 Å². The molecule has 0 saturated carbocycles.